The number of methoxy groups -OCH3 is 1. The van der Waals surface area contributed by atoms with Gasteiger partial charge in [0.2, 0.25) is 5.28 Å². The van der Waals surface area contributed by atoms with Crippen molar-refractivity contribution in [2.45, 2.75) is 6.92 Å². The molecule has 0 N–H and O–H groups in total. The highest BCUT2D eigenvalue weighted by molar-refractivity contribution is 7.20. The predicted octanol–water partition coefficient (Wildman–Crippen LogP) is 2.19. The minimum Gasteiger partial charge on any atom is -0.465 e. The van der Waals surface area contributed by atoms with Crippen LogP contribution >= 0.6 is 22.9 Å². The second kappa shape index (κ2) is 5.98. The van der Waals surface area contributed by atoms with Crippen molar-refractivity contribution in [3.8, 4) is 0 Å². The highest BCUT2D eigenvalue weighted by Gasteiger charge is 2.24. The number of ether oxygens (including phenoxy) is 1. The number of nitrogens with zero attached hydrogens (tertiary/aromatic N) is 4. The lowest BCUT2D eigenvalue weighted by Gasteiger charge is -2.33. The summed E-state index contributed by atoms with van der Waals surface area (Å²) in [6, 6.07) is 0. The number of likely N-dealkylation sites (N-methyl/N-ethyl adjacent to an activating group) is 1. The second-order valence-electron chi connectivity index (χ2n) is 5.33. The van der Waals surface area contributed by atoms with Gasteiger partial charge in [-0.05, 0) is 31.1 Å². The molecule has 0 atom stereocenters. The molecule has 6 nitrogen and oxygen atoms in total. The van der Waals surface area contributed by atoms with E-state index in [1.807, 2.05) is 6.92 Å². The third kappa shape index (κ3) is 2.64. The average molecular weight is 341 g/mol. The van der Waals surface area contributed by atoms with Crippen LogP contribution in [0.25, 0.3) is 10.2 Å². The normalized spacial score (nSPS) is 16.3. The first-order valence-electron chi connectivity index (χ1n) is 6.99. The number of aryl methyl sites for hydroxylation is 1. The fraction of sp³-hybridized carbons (Fsp3) is 0.500. The molecule has 8 heteroatoms. The maximum Gasteiger partial charge on any atom is 0.348 e. The number of carbonyl (C=O) groups is 1. The summed E-state index contributed by atoms with van der Waals surface area (Å²) >= 11 is 7.38. The van der Waals surface area contributed by atoms with E-state index in [1.165, 1.54) is 18.4 Å². The highest BCUT2D eigenvalue weighted by atomic mass is 35.5. The monoisotopic (exact) mass is 340 g/mol. The van der Waals surface area contributed by atoms with Crippen molar-refractivity contribution in [1.82, 2.24) is 14.9 Å². The lowest BCUT2D eigenvalue weighted by Crippen LogP contribution is -2.45. The van der Waals surface area contributed by atoms with Gasteiger partial charge in [-0.15, -0.1) is 11.3 Å². The number of anilines is 1. The van der Waals surface area contributed by atoms with Crippen LogP contribution in [0.15, 0.2) is 0 Å². The summed E-state index contributed by atoms with van der Waals surface area (Å²) in [4.78, 5) is 26.4. The topological polar surface area (TPSA) is 58.6 Å². The van der Waals surface area contributed by atoms with Crippen molar-refractivity contribution in [3.63, 3.8) is 0 Å². The number of aromatic nitrogens is 2. The van der Waals surface area contributed by atoms with E-state index in [0.717, 1.165) is 47.8 Å². The van der Waals surface area contributed by atoms with Gasteiger partial charge in [-0.3, -0.25) is 0 Å². The number of piperazine rings is 1. The number of hydrogen-bond acceptors (Lipinski definition) is 7. The molecule has 1 fully saturated rings. The Labute approximate surface area is 137 Å². The van der Waals surface area contributed by atoms with Crippen molar-refractivity contribution in [1.29, 1.82) is 0 Å². The third-order valence-corrected chi connectivity index (χ3v) is 5.25. The van der Waals surface area contributed by atoms with Gasteiger partial charge in [-0.1, -0.05) is 0 Å². The number of fused-ring (bicyclic) bond motifs is 1. The smallest absolute Gasteiger partial charge is 0.348 e. The summed E-state index contributed by atoms with van der Waals surface area (Å²) in [5.41, 5.74) is 0.859. The summed E-state index contributed by atoms with van der Waals surface area (Å²) in [6.07, 6.45) is 0. The number of hydrogen-bond donors (Lipinski definition) is 0. The Morgan fingerprint density at radius 3 is 2.59 bits per heavy atom. The third-order valence-electron chi connectivity index (χ3n) is 3.92. The number of rotatable bonds is 2. The molecule has 0 aromatic carbocycles. The standard InChI is InChI=1S/C14H17ClN4O2S/c1-8-9-11(19-6-4-18(2)5-7-19)16-14(15)17-12(9)22-10(8)13(20)21-3/h4-7H2,1-3H3. The van der Waals surface area contributed by atoms with Gasteiger partial charge in [0.05, 0.1) is 12.5 Å². The SMILES string of the molecule is COC(=O)c1sc2nc(Cl)nc(N3CCN(C)CC3)c2c1C. The molecule has 2 aromatic heterocycles. The number of halogens is 1. The molecule has 1 saturated heterocycles. The van der Waals surface area contributed by atoms with Crippen LogP contribution < -0.4 is 4.90 Å². The van der Waals surface area contributed by atoms with Crippen LogP contribution in [-0.2, 0) is 4.74 Å². The minimum absolute atomic E-state index is 0.207. The van der Waals surface area contributed by atoms with E-state index in [1.54, 1.807) is 0 Å². The van der Waals surface area contributed by atoms with Gasteiger partial charge in [0.1, 0.15) is 15.5 Å². The molecule has 118 valence electrons. The van der Waals surface area contributed by atoms with Gasteiger partial charge in [-0.2, -0.15) is 4.98 Å². The zero-order valence-corrected chi connectivity index (χ0v) is 14.3. The Kier molecular flexibility index (Phi) is 4.20. The molecule has 0 radical (unpaired) electrons. The zero-order valence-electron chi connectivity index (χ0n) is 12.7. The van der Waals surface area contributed by atoms with Gasteiger partial charge < -0.3 is 14.5 Å². The average Bonchev–Trinajstić information content (AvgIpc) is 2.83. The van der Waals surface area contributed by atoms with Crippen LogP contribution in [0.5, 0.6) is 0 Å². The summed E-state index contributed by atoms with van der Waals surface area (Å²) in [7, 11) is 3.48. The molecule has 3 heterocycles. The summed E-state index contributed by atoms with van der Waals surface area (Å²) in [6.45, 7) is 5.60. The zero-order chi connectivity index (χ0) is 15.9. The van der Waals surface area contributed by atoms with Crippen LogP contribution in [0.3, 0.4) is 0 Å². The molecular weight excluding hydrogens is 324 g/mol. The molecule has 1 aliphatic heterocycles. The summed E-state index contributed by atoms with van der Waals surface area (Å²) in [5.74, 6) is 0.466. The van der Waals surface area contributed by atoms with Crippen LogP contribution in [0, 0.1) is 6.92 Å². The molecule has 0 bridgehead atoms. The van der Waals surface area contributed by atoms with Crippen LogP contribution in [0.2, 0.25) is 5.28 Å². The Balaban J connectivity index is 2.13. The Hall–Kier alpha value is -1.44. The van der Waals surface area contributed by atoms with E-state index in [-0.39, 0.29) is 11.3 Å². The van der Waals surface area contributed by atoms with Gasteiger partial charge >= 0.3 is 5.97 Å². The largest absolute Gasteiger partial charge is 0.465 e. The Morgan fingerprint density at radius 2 is 1.95 bits per heavy atom. The predicted molar refractivity (Wildman–Crippen MR) is 88.2 cm³/mol. The van der Waals surface area contributed by atoms with E-state index in [2.05, 4.69) is 26.8 Å². The molecule has 0 spiro atoms. The summed E-state index contributed by atoms with van der Waals surface area (Å²) < 4.78 is 4.85. The first-order valence-corrected chi connectivity index (χ1v) is 8.19. The number of esters is 1. The maximum atomic E-state index is 11.9. The molecule has 2 aromatic rings. The van der Waals surface area contributed by atoms with Gasteiger partial charge in [0, 0.05) is 26.2 Å². The van der Waals surface area contributed by atoms with E-state index in [0.29, 0.717) is 4.88 Å². The lowest BCUT2D eigenvalue weighted by molar-refractivity contribution is 0.0605. The Morgan fingerprint density at radius 1 is 1.27 bits per heavy atom. The molecule has 0 unspecified atom stereocenters. The van der Waals surface area contributed by atoms with Crippen molar-refractivity contribution in [2.24, 2.45) is 0 Å². The lowest BCUT2D eigenvalue weighted by atomic mass is 10.2. The quantitative estimate of drug-likeness (QED) is 0.617. The Bertz CT molecular complexity index is 725. The van der Waals surface area contributed by atoms with E-state index in [4.69, 9.17) is 16.3 Å². The molecule has 3 rings (SSSR count). The van der Waals surface area contributed by atoms with Crippen molar-refractivity contribution < 1.29 is 9.53 Å². The molecule has 1 aliphatic rings. The first-order chi connectivity index (χ1) is 10.5. The molecular formula is C14H17ClN4O2S. The van der Waals surface area contributed by atoms with E-state index in [9.17, 15) is 4.79 Å². The second-order valence-corrected chi connectivity index (χ2v) is 6.67. The van der Waals surface area contributed by atoms with E-state index >= 15 is 0 Å². The molecule has 22 heavy (non-hydrogen) atoms. The number of thiophene rings is 1. The molecule has 0 saturated carbocycles. The van der Waals surface area contributed by atoms with Gasteiger partial charge in [-0.25, -0.2) is 9.78 Å². The fourth-order valence-electron chi connectivity index (χ4n) is 2.63. The highest BCUT2D eigenvalue weighted by Crippen LogP contribution is 2.36. The van der Waals surface area contributed by atoms with Crippen LogP contribution in [0.4, 0.5) is 5.82 Å². The van der Waals surface area contributed by atoms with Crippen LogP contribution in [-0.4, -0.2) is 61.2 Å². The molecule has 0 aliphatic carbocycles. The van der Waals surface area contributed by atoms with Crippen molar-refractivity contribution in [3.05, 3.63) is 15.7 Å². The minimum atomic E-state index is -0.346. The van der Waals surface area contributed by atoms with Crippen LogP contribution in [0.1, 0.15) is 15.2 Å². The molecule has 0 amide bonds. The fourth-order valence-corrected chi connectivity index (χ4v) is 3.94. The van der Waals surface area contributed by atoms with E-state index < -0.39 is 0 Å². The number of carbonyl (C=O) groups excluding carboxylic acids is 1. The van der Waals surface area contributed by atoms with Crippen molar-refractivity contribution in [2.75, 3.05) is 45.2 Å². The van der Waals surface area contributed by atoms with Crippen molar-refractivity contribution >= 4 is 44.9 Å². The summed E-state index contributed by atoms with van der Waals surface area (Å²) in [5, 5.41) is 1.11. The van der Waals surface area contributed by atoms with Gasteiger partial charge in [0.25, 0.3) is 0 Å². The maximum absolute atomic E-state index is 11.9. The first kappa shape index (κ1) is 15.5. The van der Waals surface area contributed by atoms with Gasteiger partial charge in [0.15, 0.2) is 0 Å².